The maximum Gasteiger partial charge on any atom is 0.244 e. The minimum atomic E-state index is 0.0281. The van der Waals surface area contributed by atoms with Gasteiger partial charge in [-0.1, -0.05) is 36.4 Å². The number of benzene rings is 1. The third-order valence-corrected chi connectivity index (χ3v) is 3.66. The van der Waals surface area contributed by atoms with Crippen LogP contribution in [-0.2, 0) is 0 Å². The van der Waals surface area contributed by atoms with E-state index in [0.717, 1.165) is 10.4 Å². The van der Waals surface area contributed by atoms with Crippen molar-refractivity contribution in [2.24, 2.45) is 0 Å². The van der Waals surface area contributed by atoms with Gasteiger partial charge in [0.25, 0.3) is 0 Å². The third-order valence-electron chi connectivity index (χ3n) is 2.79. The first kappa shape index (κ1) is 13.7. The van der Waals surface area contributed by atoms with Gasteiger partial charge in [0.05, 0.1) is 11.0 Å². The van der Waals surface area contributed by atoms with Crippen LogP contribution in [0.15, 0.2) is 47.8 Å². The number of hydrogen-bond donors (Lipinski definition) is 0. The fourth-order valence-corrected chi connectivity index (χ4v) is 2.56. The topological polar surface area (TPSA) is 47.9 Å². The van der Waals surface area contributed by atoms with E-state index in [9.17, 15) is 0 Å². The van der Waals surface area contributed by atoms with Gasteiger partial charge >= 0.3 is 0 Å². The van der Waals surface area contributed by atoms with E-state index in [1.54, 1.807) is 11.3 Å². The van der Waals surface area contributed by atoms with Crippen LogP contribution >= 0.6 is 11.3 Å². The Morgan fingerprint density at radius 2 is 1.81 bits per heavy atom. The molecule has 21 heavy (non-hydrogen) atoms. The van der Waals surface area contributed by atoms with Crippen molar-refractivity contribution in [3.63, 3.8) is 0 Å². The number of ether oxygens (including phenoxy) is 1. The second-order valence-electron chi connectivity index (χ2n) is 4.80. The van der Waals surface area contributed by atoms with Gasteiger partial charge < -0.3 is 4.74 Å². The van der Waals surface area contributed by atoms with Gasteiger partial charge in [0.15, 0.2) is 11.5 Å². The Hall–Kier alpha value is -2.27. The molecule has 0 bridgehead atoms. The molecule has 3 rings (SSSR count). The van der Waals surface area contributed by atoms with E-state index >= 15 is 0 Å². The van der Waals surface area contributed by atoms with E-state index in [1.807, 2.05) is 61.7 Å². The lowest BCUT2D eigenvalue weighted by atomic mass is 10.1. The summed E-state index contributed by atoms with van der Waals surface area (Å²) in [6.45, 7) is 3.95. The Morgan fingerprint density at radius 1 is 1.00 bits per heavy atom. The minimum Gasteiger partial charge on any atom is -0.473 e. The van der Waals surface area contributed by atoms with Gasteiger partial charge in [0.2, 0.25) is 5.88 Å². The summed E-state index contributed by atoms with van der Waals surface area (Å²) in [5.41, 5.74) is 1.62. The van der Waals surface area contributed by atoms with Crippen LogP contribution in [0, 0.1) is 0 Å². The lowest BCUT2D eigenvalue weighted by Crippen LogP contribution is -2.10. The van der Waals surface area contributed by atoms with Gasteiger partial charge in [-0.2, -0.15) is 4.98 Å². The maximum atomic E-state index is 5.83. The predicted molar refractivity (Wildman–Crippen MR) is 84.3 cm³/mol. The van der Waals surface area contributed by atoms with E-state index in [-0.39, 0.29) is 6.10 Å². The van der Waals surface area contributed by atoms with Crippen LogP contribution in [0.1, 0.15) is 13.8 Å². The third kappa shape index (κ3) is 3.08. The van der Waals surface area contributed by atoms with Crippen molar-refractivity contribution >= 4 is 11.3 Å². The number of nitrogens with zero attached hydrogens (tertiary/aromatic N) is 3. The maximum absolute atomic E-state index is 5.83. The quantitative estimate of drug-likeness (QED) is 0.728. The van der Waals surface area contributed by atoms with Gasteiger partial charge in [-0.15, -0.1) is 21.5 Å². The number of thiophene rings is 1. The molecule has 0 N–H and O–H groups in total. The summed E-state index contributed by atoms with van der Waals surface area (Å²) in [7, 11) is 0. The predicted octanol–water partition coefficient (Wildman–Crippen LogP) is 4.05. The monoisotopic (exact) mass is 297 g/mol. The summed E-state index contributed by atoms with van der Waals surface area (Å²) < 4.78 is 5.83. The first-order chi connectivity index (χ1) is 10.2. The molecule has 0 aliphatic carbocycles. The standard InChI is InChI=1S/C16H15N3OS/c1-11(2)20-16-14(12-7-4-3-5-8-12)18-19-15(17-16)13-9-6-10-21-13/h3-11H,1-2H3. The second kappa shape index (κ2) is 6.01. The first-order valence-electron chi connectivity index (χ1n) is 6.74. The van der Waals surface area contributed by atoms with Crippen LogP contribution < -0.4 is 4.74 Å². The highest BCUT2D eigenvalue weighted by molar-refractivity contribution is 7.13. The van der Waals surface area contributed by atoms with Gasteiger partial charge in [-0.05, 0) is 25.3 Å². The fourth-order valence-electron chi connectivity index (χ4n) is 1.90. The smallest absolute Gasteiger partial charge is 0.244 e. The highest BCUT2D eigenvalue weighted by atomic mass is 32.1. The molecule has 0 aliphatic rings. The van der Waals surface area contributed by atoms with Crippen LogP contribution in [0.25, 0.3) is 22.0 Å². The molecule has 3 aromatic rings. The Balaban J connectivity index is 2.08. The van der Waals surface area contributed by atoms with Crippen LogP contribution in [0.5, 0.6) is 5.88 Å². The molecule has 0 aliphatic heterocycles. The molecule has 0 radical (unpaired) electrons. The second-order valence-corrected chi connectivity index (χ2v) is 5.75. The summed E-state index contributed by atoms with van der Waals surface area (Å²) in [6, 6.07) is 13.8. The van der Waals surface area contributed by atoms with E-state index in [0.29, 0.717) is 17.4 Å². The Kier molecular flexibility index (Phi) is 3.92. The molecule has 0 spiro atoms. The average Bonchev–Trinajstić information content (AvgIpc) is 3.02. The summed E-state index contributed by atoms with van der Waals surface area (Å²) in [6.07, 6.45) is 0.0281. The zero-order chi connectivity index (χ0) is 14.7. The average molecular weight is 297 g/mol. The zero-order valence-corrected chi connectivity index (χ0v) is 12.7. The van der Waals surface area contributed by atoms with Crippen molar-refractivity contribution in [3.05, 3.63) is 47.8 Å². The van der Waals surface area contributed by atoms with Gasteiger partial charge in [-0.25, -0.2) is 0 Å². The Morgan fingerprint density at radius 3 is 2.48 bits per heavy atom. The zero-order valence-electron chi connectivity index (χ0n) is 11.9. The van der Waals surface area contributed by atoms with E-state index in [4.69, 9.17) is 4.74 Å². The van der Waals surface area contributed by atoms with Gasteiger partial charge in [-0.3, -0.25) is 0 Å². The van der Waals surface area contributed by atoms with Crippen LogP contribution in [0.2, 0.25) is 0 Å². The molecule has 2 heterocycles. The van der Waals surface area contributed by atoms with E-state index < -0.39 is 0 Å². The van der Waals surface area contributed by atoms with E-state index in [1.165, 1.54) is 0 Å². The molecule has 106 valence electrons. The Labute approximate surface area is 127 Å². The molecule has 0 saturated carbocycles. The molecule has 5 heteroatoms. The summed E-state index contributed by atoms with van der Waals surface area (Å²) >= 11 is 1.58. The number of aromatic nitrogens is 3. The molecule has 0 atom stereocenters. The lowest BCUT2D eigenvalue weighted by Gasteiger charge is -2.12. The molecule has 0 saturated heterocycles. The first-order valence-corrected chi connectivity index (χ1v) is 7.62. The molecule has 1 aromatic carbocycles. The van der Waals surface area contributed by atoms with Gasteiger partial charge in [0.1, 0.15) is 0 Å². The SMILES string of the molecule is CC(C)Oc1nc(-c2cccs2)nnc1-c1ccccc1. The van der Waals surface area contributed by atoms with Crippen molar-refractivity contribution in [1.29, 1.82) is 0 Å². The number of hydrogen-bond acceptors (Lipinski definition) is 5. The molecule has 4 nitrogen and oxygen atoms in total. The largest absolute Gasteiger partial charge is 0.473 e. The molecule has 0 unspecified atom stereocenters. The molecule has 2 aromatic heterocycles. The van der Waals surface area contributed by atoms with Crippen LogP contribution in [0.3, 0.4) is 0 Å². The van der Waals surface area contributed by atoms with Crippen molar-refractivity contribution in [2.75, 3.05) is 0 Å². The summed E-state index contributed by atoms with van der Waals surface area (Å²) in [5, 5.41) is 10.6. The van der Waals surface area contributed by atoms with Crippen molar-refractivity contribution < 1.29 is 4.74 Å². The molecular weight excluding hydrogens is 282 g/mol. The normalized spacial score (nSPS) is 10.8. The highest BCUT2D eigenvalue weighted by Crippen LogP contribution is 2.29. The summed E-state index contributed by atoms with van der Waals surface area (Å²) in [4.78, 5) is 5.53. The van der Waals surface area contributed by atoms with Crippen LogP contribution in [0.4, 0.5) is 0 Å². The fraction of sp³-hybridized carbons (Fsp3) is 0.188. The highest BCUT2D eigenvalue weighted by Gasteiger charge is 2.15. The van der Waals surface area contributed by atoms with Crippen LogP contribution in [-0.4, -0.2) is 21.3 Å². The lowest BCUT2D eigenvalue weighted by molar-refractivity contribution is 0.232. The minimum absolute atomic E-state index is 0.0281. The number of rotatable bonds is 4. The molecule has 0 fully saturated rings. The van der Waals surface area contributed by atoms with Gasteiger partial charge in [0, 0.05) is 5.56 Å². The molecule has 0 amide bonds. The van der Waals surface area contributed by atoms with Crippen molar-refractivity contribution in [3.8, 4) is 27.8 Å². The Bertz CT molecular complexity index is 712. The van der Waals surface area contributed by atoms with Crippen molar-refractivity contribution in [1.82, 2.24) is 15.2 Å². The molecular formula is C16H15N3OS. The van der Waals surface area contributed by atoms with E-state index in [2.05, 4.69) is 15.2 Å². The summed E-state index contributed by atoms with van der Waals surface area (Å²) in [5.74, 6) is 1.12. The van der Waals surface area contributed by atoms with Crippen molar-refractivity contribution in [2.45, 2.75) is 20.0 Å².